The van der Waals surface area contributed by atoms with E-state index in [1.807, 2.05) is 84.4 Å². The maximum atomic E-state index is 13.0. The molecule has 0 unspecified atom stereocenters. The van der Waals surface area contributed by atoms with Crippen LogP contribution in [0, 0.1) is 0 Å². The van der Waals surface area contributed by atoms with E-state index in [1.54, 1.807) is 4.90 Å². The van der Waals surface area contributed by atoms with E-state index in [4.69, 9.17) is 23.2 Å². The lowest BCUT2D eigenvalue weighted by Gasteiger charge is -2.34. The summed E-state index contributed by atoms with van der Waals surface area (Å²) in [5.41, 5.74) is 3.58. The standard InChI is InChI=1S/C30H32Cl2N4O2/c1-34(29(37)21-7-3-2-4-8-21)20-23(22-11-12-25(31)26(32)19-22)13-16-35-17-14-24(15-18-35)36-28-10-6-5-9-27(28)33-30(36)38/h2-12,19,23-24H,13-18,20H2,1H3,(H,33,38)/t23-/m1/s1. The summed E-state index contributed by atoms with van der Waals surface area (Å²) < 4.78 is 1.93. The second-order valence-corrected chi connectivity index (χ2v) is 10.9. The number of amides is 1. The van der Waals surface area contributed by atoms with Crippen molar-refractivity contribution in [1.82, 2.24) is 19.4 Å². The molecule has 0 aliphatic carbocycles. The fourth-order valence-electron chi connectivity index (χ4n) is 5.52. The fraction of sp³-hybridized carbons (Fsp3) is 0.333. The van der Waals surface area contributed by atoms with Crippen LogP contribution in [0.4, 0.5) is 0 Å². The van der Waals surface area contributed by atoms with Crippen molar-refractivity contribution in [1.29, 1.82) is 0 Å². The highest BCUT2D eigenvalue weighted by Gasteiger charge is 2.25. The van der Waals surface area contributed by atoms with Gasteiger partial charge in [-0.1, -0.05) is 59.6 Å². The second kappa shape index (κ2) is 11.8. The van der Waals surface area contributed by atoms with Gasteiger partial charge in [0.2, 0.25) is 0 Å². The van der Waals surface area contributed by atoms with E-state index in [1.165, 1.54) is 0 Å². The summed E-state index contributed by atoms with van der Waals surface area (Å²) in [4.78, 5) is 32.9. The van der Waals surface area contributed by atoms with Crippen LogP contribution >= 0.6 is 23.2 Å². The fourth-order valence-corrected chi connectivity index (χ4v) is 5.83. The Balaban J connectivity index is 1.25. The molecule has 1 aliphatic rings. The van der Waals surface area contributed by atoms with E-state index >= 15 is 0 Å². The van der Waals surface area contributed by atoms with E-state index in [-0.39, 0.29) is 23.6 Å². The summed E-state index contributed by atoms with van der Waals surface area (Å²) in [5.74, 6) is 0.108. The molecule has 4 aromatic rings. The Labute approximate surface area is 232 Å². The van der Waals surface area contributed by atoms with E-state index in [2.05, 4.69) is 9.88 Å². The van der Waals surface area contributed by atoms with Crippen molar-refractivity contribution in [2.45, 2.75) is 31.2 Å². The third-order valence-electron chi connectivity index (χ3n) is 7.62. The summed E-state index contributed by atoms with van der Waals surface area (Å²) in [5, 5.41) is 1.05. The second-order valence-electron chi connectivity index (χ2n) is 10.1. The largest absolute Gasteiger partial charge is 0.341 e. The van der Waals surface area contributed by atoms with Crippen LogP contribution in [0.3, 0.4) is 0 Å². The lowest BCUT2D eigenvalue weighted by Crippen LogP contribution is -2.38. The van der Waals surface area contributed by atoms with Crippen molar-refractivity contribution in [3.05, 3.63) is 104 Å². The van der Waals surface area contributed by atoms with Crippen molar-refractivity contribution in [3.63, 3.8) is 0 Å². The van der Waals surface area contributed by atoms with Gasteiger partial charge < -0.3 is 14.8 Å². The van der Waals surface area contributed by atoms with Gasteiger partial charge >= 0.3 is 5.69 Å². The molecule has 0 radical (unpaired) electrons. The number of piperidine rings is 1. The minimum Gasteiger partial charge on any atom is -0.341 e. The number of imidazole rings is 1. The number of carbonyl (C=O) groups is 1. The maximum Gasteiger partial charge on any atom is 0.326 e. The molecular weight excluding hydrogens is 519 g/mol. The Morgan fingerprint density at radius 1 is 1.00 bits per heavy atom. The highest BCUT2D eigenvalue weighted by atomic mass is 35.5. The number of aromatic nitrogens is 2. The predicted molar refractivity (Wildman–Crippen MR) is 154 cm³/mol. The first-order valence-electron chi connectivity index (χ1n) is 13.1. The van der Waals surface area contributed by atoms with Crippen LogP contribution in [-0.4, -0.2) is 58.5 Å². The van der Waals surface area contributed by atoms with Gasteiger partial charge in [0.05, 0.1) is 21.1 Å². The van der Waals surface area contributed by atoms with Crippen LogP contribution in [0.2, 0.25) is 10.0 Å². The number of likely N-dealkylation sites (tertiary alicyclic amines) is 1. The molecule has 1 saturated heterocycles. The molecule has 198 valence electrons. The van der Waals surface area contributed by atoms with Crippen molar-refractivity contribution in [2.75, 3.05) is 33.2 Å². The van der Waals surface area contributed by atoms with Gasteiger partial charge in [0.15, 0.2) is 0 Å². The molecule has 1 amide bonds. The van der Waals surface area contributed by atoms with Crippen molar-refractivity contribution < 1.29 is 4.79 Å². The summed E-state index contributed by atoms with van der Waals surface area (Å²) in [6.45, 7) is 3.31. The summed E-state index contributed by atoms with van der Waals surface area (Å²) in [7, 11) is 1.85. The maximum absolute atomic E-state index is 13.0. The average Bonchev–Trinajstić information content (AvgIpc) is 3.28. The quantitative estimate of drug-likeness (QED) is 0.283. The number of likely N-dealkylation sites (N-methyl/N-ethyl adjacent to an activating group) is 1. The van der Waals surface area contributed by atoms with Gasteiger partial charge in [0.25, 0.3) is 5.91 Å². The van der Waals surface area contributed by atoms with Crippen LogP contribution < -0.4 is 5.69 Å². The number of benzene rings is 3. The number of aromatic amines is 1. The highest BCUT2D eigenvalue weighted by molar-refractivity contribution is 6.42. The number of carbonyl (C=O) groups excluding carboxylic acids is 1. The molecule has 0 saturated carbocycles. The average molecular weight is 552 g/mol. The van der Waals surface area contributed by atoms with Gasteiger partial charge in [-0.15, -0.1) is 0 Å². The van der Waals surface area contributed by atoms with Gasteiger partial charge in [-0.25, -0.2) is 4.79 Å². The van der Waals surface area contributed by atoms with E-state index in [0.717, 1.165) is 55.5 Å². The summed E-state index contributed by atoms with van der Waals surface area (Å²) in [6, 6.07) is 23.2. The van der Waals surface area contributed by atoms with E-state index in [0.29, 0.717) is 22.2 Å². The molecular formula is C30H32Cl2N4O2. The molecule has 6 nitrogen and oxygen atoms in total. The zero-order valence-electron chi connectivity index (χ0n) is 21.4. The predicted octanol–water partition coefficient (Wildman–Crippen LogP) is 6.22. The molecule has 0 bridgehead atoms. The van der Waals surface area contributed by atoms with Crippen LogP contribution in [0.1, 0.15) is 47.1 Å². The number of nitrogens with zero attached hydrogens (tertiary/aromatic N) is 3. The molecule has 8 heteroatoms. The Morgan fingerprint density at radius 3 is 2.45 bits per heavy atom. The van der Waals surface area contributed by atoms with Gasteiger partial charge in [-0.2, -0.15) is 0 Å². The number of para-hydroxylation sites is 2. The zero-order valence-corrected chi connectivity index (χ0v) is 23.0. The Morgan fingerprint density at radius 2 is 1.71 bits per heavy atom. The lowest BCUT2D eigenvalue weighted by atomic mass is 9.94. The molecule has 1 atom stereocenters. The summed E-state index contributed by atoms with van der Waals surface area (Å²) in [6.07, 6.45) is 2.72. The van der Waals surface area contributed by atoms with Crippen LogP contribution in [-0.2, 0) is 0 Å². The minimum absolute atomic E-state index is 0.000598. The number of hydrogen-bond acceptors (Lipinski definition) is 3. The minimum atomic E-state index is -0.0320. The monoisotopic (exact) mass is 550 g/mol. The molecule has 0 spiro atoms. The van der Waals surface area contributed by atoms with Crippen molar-refractivity contribution in [3.8, 4) is 0 Å². The van der Waals surface area contributed by atoms with Crippen LogP contribution in [0.15, 0.2) is 77.6 Å². The highest BCUT2D eigenvalue weighted by Crippen LogP contribution is 2.30. The van der Waals surface area contributed by atoms with Crippen molar-refractivity contribution >= 4 is 40.1 Å². The number of H-pyrrole nitrogens is 1. The molecule has 1 aliphatic heterocycles. The van der Waals surface area contributed by atoms with E-state index in [9.17, 15) is 9.59 Å². The van der Waals surface area contributed by atoms with Gasteiger partial charge in [-0.05, 0) is 67.8 Å². The number of fused-ring (bicyclic) bond motifs is 1. The summed E-state index contributed by atoms with van der Waals surface area (Å²) >= 11 is 12.6. The smallest absolute Gasteiger partial charge is 0.326 e. The first-order valence-corrected chi connectivity index (χ1v) is 13.8. The molecule has 1 N–H and O–H groups in total. The number of nitrogens with one attached hydrogen (secondary N) is 1. The van der Waals surface area contributed by atoms with E-state index < -0.39 is 0 Å². The van der Waals surface area contributed by atoms with Crippen LogP contribution in [0.5, 0.6) is 0 Å². The molecule has 5 rings (SSSR count). The first kappa shape index (κ1) is 26.5. The molecule has 2 heterocycles. The number of rotatable bonds is 8. The Bertz CT molecular complexity index is 1460. The molecule has 1 fully saturated rings. The Hall–Kier alpha value is -3.06. The third kappa shape index (κ3) is 5.83. The third-order valence-corrected chi connectivity index (χ3v) is 8.36. The first-order chi connectivity index (χ1) is 18.4. The van der Waals surface area contributed by atoms with Gasteiger partial charge in [-0.3, -0.25) is 9.36 Å². The van der Waals surface area contributed by atoms with Gasteiger partial charge in [0.1, 0.15) is 0 Å². The normalized spacial score (nSPS) is 15.6. The zero-order chi connectivity index (χ0) is 26.6. The van der Waals surface area contributed by atoms with Crippen molar-refractivity contribution in [2.24, 2.45) is 0 Å². The molecule has 3 aromatic carbocycles. The van der Waals surface area contributed by atoms with Crippen LogP contribution in [0.25, 0.3) is 11.0 Å². The SMILES string of the molecule is CN(C[C@@H](CCN1CCC(n2c(=O)[nH]c3ccccc32)CC1)c1ccc(Cl)c(Cl)c1)C(=O)c1ccccc1. The molecule has 1 aromatic heterocycles. The van der Waals surface area contributed by atoms with Gasteiger partial charge in [0, 0.05) is 44.2 Å². The molecule has 38 heavy (non-hydrogen) atoms. The topological polar surface area (TPSA) is 61.3 Å². The number of halogens is 2. The number of hydrogen-bond donors (Lipinski definition) is 1. The Kier molecular flexibility index (Phi) is 8.22. The lowest BCUT2D eigenvalue weighted by molar-refractivity contribution is 0.0781.